The maximum atomic E-state index is 11.7. The highest BCUT2D eigenvalue weighted by atomic mass is 79.9. The van der Waals surface area contributed by atoms with E-state index < -0.39 is 0 Å². The van der Waals surface area contributed by atoms with Crippen molar-refractivity contribution in [3.8, 4) is 0 Å². The van der Waals surface area contributed by atoms with Crippen molar-refractivity contribution in [2.75, 3.05) is 0 Å². The molecule has 0 aliphatic carbocycles. The number of thiocarbonyl (C=S) groups is 1. The molecule has 0 saturated heterocycles. The Bertz CT molecular complexity index is 403. The van der Waals surface area contributed by atoms with Crippen molar-refractivity contribution >= 4 is 39.0 Å². The normalized spacial score (nSPS) is 12.5. The third-order valence-corrected chi connectivity index (χ3v) is 2.74. The van der Waals surface area contributed by atoms with Gasteiger partial charge in [-0.15, -0.1) is 0 Å². The van der Waals surface area contributed by atoms with E-state index in [1.807, 2.05) is 13.8 Å². The van der Waals surface area contributed by atoms with Gasteiger partial charge in [0.1, 0.15) is 0 Å². The molecule has 1 aromatic rings. The minimum Gasteiger partial charge on any atom is -0.444 e. The lowest BCUT2D eigenvalue weighted by atomic mass is 10.0. The Balaban J connectivity index is 2.73. The molecule has 0 fully saturated rings. The summed E-state index contributed by atoms with van der Waals surface area (Å²) in [5.41, 5.74) is 5.55. The van der Waals surface area contributed by atoms with Crippen LogP contribution in [0.3, 0.4) is 0 Å². The van der Waals surface area contributed by atoms with Crippen LogP contribution in [-0.4, -0.2) is 16.9 Å². The number of furan rings is 1. The summed E-state index contributed by atoms with van der Waals surface area (Å²) in [6, 6.07) is 2.91. The molecule has 0 radical (unpaired) electrons. The average molecular weight is 305 g/mol. The van der Waals surface area contributed by atoms with E-state index >= 15 is 0 Å². The number of carbonyl (C=O) groups excluding carboxylic acids is 1. The molecule has 0 spiro atoms. The first-order valence-electron chi connectivity index (χ1n) is 4.77. The van der Waals surface area contributed by atoms with Gasteiger partial charge in [-0.1, -0.05) is 26.1 Å². The Morgan fingerprint density at radius 3 is 2.56 bits per heavy atom. The first-order chi connectivity index (χ1) is 7.41. The fraction of sp³-hybridized carbons (Fsp3) is 0.400. The van der Waals surface area contributed by atoms with Crippen molar-refractivity contribution in [2.24, 2.45) is 11.7 Å². The van der Waals surface area contributed by atoms with E-state index in [4.69, 9.17) is 22.4 Å². The zero-order valence-electron chi connectivity index (χ0n) is 8.99. The molecule has 88 valence electrons. The molecule has 0 bridgehead atoms. The summed E-state index contributed by atoms with van der Waals surface area (Å²) in [5.74, 6) is 0.0471. The predicted octanol–water partition coefficient (Wildman–Crippen LogP) is 2.08. The van der Waals surface area contributed by atoms with Crippen molar-refractivity contribution in [3.05, 3.63) is 22.6 Å². The predicted molar refractivity (Wildman–Crippen MR) is 69.3 cm³/mol. The van der Waals surface area contributed by atoms with E-state index in [1.165, 1.54) is 0 Å². The molecule has 6 heteroatoms. The largest absolute Gasteiger partial charge is 0.444 e. The molecule has 1 atom stereocenters. The fourth-order valence-electron chi connectivity index (χ4n) is 1.22. The molecule has 0 aliphatic rings. The van der Waals surface area contributed by atoms with Crippen LogP contribution in [-0.2, 0) is 0 Å². The zero-order chi connectivity index (χ0) is 12.3. The maximum absolute atomic E-state index is 11.7. The van der Waals surface area contributed by atoms with Gasteiger partial charge < -0.3 is 15.5 Å². The average Bonchev–Trinajstić information content (AvgIpc) is 2.59. The number of carbonyl (C=O) groups is 1. The van der Waals surface area contributed by atoms with E-state index in [0.29, 0.717) is 4.67 Å². The molecule has 0 aliphatic heterocycles. The molecule has 0 aromatic carbocycles. The third-order valence-electron chi connectivity index (χ3n) is 2.06. The molecule has 0 saturated carbocycles. The fourth-order valence-corrected chi connectivity index (χ4v) is 1.85. The van der Waals surface area contributed by atoms with Gasteiger partial charge in [-0.25, -0.2) is 0 Å². The molecule has 1 heterocycles. The lowest BCUT2D eigenvalue weighted by molar-refractivity contribution is 0.0910. The summed E-state index contributed by atoms with van der Waals surface area (Å²) < 4.78 is 5.63. The summed E-state index contributed by atoms with van der Waals surface area (Å²) >= 11 is 8.02. The molecule has 3 N–H and O–H groups in total. The van der Waals surface area contributed by atoms with Gasteiger partial charge in [0.15, 0.2) is 10.4 Å². The van der Waals surface area contributed by atoms with Gasteiger partial charge in [0.2, 0.25) is 0 Å². The Labute approximate surface area is 108 Å². The summed E-state index contributed by atoms with van der Waals surface area (Å²) in [4.78, 5) is 12.0. The molecule has 1 rings (SSSR count). The Kier molecular flexibility index (Phi) is 4.49. The summed E-state index contributed by atoms with van der Waals surface area (Å²) in [5, 5.41) is 2.73. The quantitative estimate of drug-likeness (QED) is 0.836. The van der Waals surface area contributed by atoms with Gasteiger partial charge in [-0.05, 0) is 34.0 Å². The zero-order valence-corrected chi connectivity index (χ0v) is 11.4. The summed E-state index contributed by atoms with van der Waals surface area (Å²) in [6.45, 7) is 3.87. The topological polar surface area (TPSA) is 68.3 Å². The van der Waals surface area contributed by atoms with Crippen molar-refractivity contribution in [3.63, 3.8) is 0 Å². The lowest BCUT2D eigenvalue weighted by Crippen LogP contribution is -2.46. The highest BCUT2D eigenvalue weighted by Gasteiger charge is 2.21. The minimum absolute atomic E-state index is 0.139. The van der Waals surface area contributed by atoms with Crippen LogP contribution in [0.25, 0.3) is 0 Å². The van der Waals surface area contributed by atoms with Gasteiger partial charge in [-0.2, -0.15) is 0 Å². The number of nitrogens with two attached hydrogens (primary N) is 1. The van der Waals surface area contributed by atoms with Crippen LogP contribution in [0.2, 0.25) is 0 Å². The molecule has 1 aromatic heterocycles. The van der Waals surface area contributed by atoms with E-state index in [9.17, 15) is 4.79 Å². The first kappa shape index (κ1) is 13.2. The highest BCUT2D eigenvalue weighted by molar-refractivity contribution is 9.10. The number of rotatable bonds is 4. The standard InChI is InChI=1S/C10H13BrN2O2S/c1-5(2)8(9(12)16)13-10(14)6-3-4-7(11)15-6/h3-5,8H,1-2H3,(H2,12,16)(H,13,14). The number of hydrogen-bond acceptors (Lipinski definition) is 3. The Hall–Kier alpha value is -0.880. The van der Waals surface area contributed by atoms with Crippen molar-refractivity contribution < 1.29 is 9.21 Å². The lowest BCUT2D eigenvalue weighted by Gasteiger charge is -2.20. The van der Waals surface area contributed by atoms with Crippen LogP contribution in [0.5, 0.6) is 0 Å². The molecule has 1 amide bonds. The summed E-state index contributed by atoms with van der Waals surface area (Å²) in [6.07, 6.45) is 0. The SMILES string of the molecule is CC(C)C(NC(=O)c1ccc(Br)o1)C(N)=S. The summed E-state index contributed by atoms with van der Waals surface area (Å²) in [7, 11) is 0. The number of amides is 1. The number of hydrogen-bond donors (Lipinski definition) is 2. The monoisotopic (exact) mass is 304 g/mol. The molecular formula is C10H13BrN2O2S. The van der Waals surface area contributed by atoms with E-state index in [2.05, 4.69) is 21.2 Å². The van der Waals surface area contributed by atoms with Crippen LogP contribution in [0.1, 0.15) is 24.4 Å². The maximum Gasteiger partial charge on any atom is 0.287 e. The number of halogens is 1. The third kappa shape index (κ3) is 3.31. The van der Waals surface area contributed by atoms with Gasteiger partial charge in [0.05, 0.1) is 11.0 Å². The number of nitrogens with one attached hydrogen (secondary N) is 1. The van der Waals surface area contributed by atoms with E-state index in [-0.39, 0.29) is 28.6 Å². The minimum atomic E-state index is -0.327. The second kappa shape index (κ2) is 5.45. The van der Waals surface area contributed by atoms with E-state index in [1.54, 1.807) is 12.1 Å². The Morgan fingerprint density at radius 2 is 2.19 bits per heavy atom. The molecule has 4 nitrogen and oxygen atoms in total. The van der Waals surface area contributed by atoms with Crippen molar-refractivity contribution in [1.29, 1.82) is 0 Å². The molecular weight excluding hydrogens is 292 g/mol. The molecule has 1 unspecified atom stereocenters. The second-order valence-electron chi connectivity index (χ2n) is 3.70. The second-order valence-corrected chi connectivity index (χ2v) is 4.95. The van der Waals surface area contributed by atoms with E-state index in [0.717, 1.165) is 0 Å². The smallest absolute Gasteiger partial charge is 0.287 e. The van der Waals surface area contributed by atoms with Crippen molar-refractivity contribution in [2.45, 2.75) is 19.9 Å². The van der Waals surface area contributed by atoms with Crippen LogP contribution < -0.4 is 11.1 Å². The van der Waals surface area contributed by atoms with Crippen LogP contribution in [0.15, 0.2) is 21.2 Å². The molecule has 16 heavy (non-hydrogen) atoms. The van der Waals surface area contributed by atoms with Crippen LogP contribution in [0.4, 0.5) is 0 Å². The van der Waals surface area contributed by atoms with Gasteiger partial charge in [-0.3, -0.25) is 4.79 Å². The Morgan fingerprint density at radius 1 is 1.56 bits per heavy atom. The van der Waals surface area contributed by atoms with Crippen molar-refractivity contribution in [1.82, 2.24) is 5.32 Å². The van der Waals surface area contributed by atoms with Gasteiger partial charge >= 0.3 is 0 Å². The highest BCUT2D eigenvalue weighted by Crippen LogP contribution is 2.14. The van der Waals surface area contributed by atoms with Gasteiger partial charge in [0, 0.05) is 0 Å². The first-order valence-corrected chi connectivity index (χ1v) is 5.97. The van der Waals surface area contributed by atoms with Crippen LogP contribution >= 0.6 is 28.1 Å². The van der Waals surface area contributed by atoms with Crippen LogP contribution in [0, 0.1) is 5.92 Å². The van der Waals surface area contributed by atoms with Gasteiger partial charge in [0.25, 0.3) is 5.91 Å².